The number of carbonyl (C=O) groups excluding carboxylic acids is 6. The third-order valence-corrected chi connectivity index (χ3v) is 12.6. The number of carboxylic acids is 1. The molecule has 17 heteroatoms. The Morgan fingerprint density at radius 1 is 1.02 bits per heavy atom. The number of sulfone groups is 1. The number of benzene rings is 1. The normalized spacial score (nSPS) is 29.5. The van der Waals surface area contributed by atoms with Crippen molar-refractivity contribution in [3.8, 4) is 0 Å². The average molecular weight is 646 g/mol. The molecule has 0 radical (unpaired) electrons. The van der Waals surface area contributed by atoms with E-state index in [1.807, 2.05) is 0 Å². The van der Waals surface area contributed by atoms with E-state index in [1.165, 1.54) is 42.6 Å². The predicted octanol–water partition coefficient (Wildman–Crippen LogP) is -4.75. The van der Waals surface area contributed by atoms with E-state index < -0.39 is 96.5 Å². The Hall–Kier alpha value is -2.66. The second kappa shape index (κ2) is 11.4. The number of thioether (sulfide) groups is 1. The maximum Gasteiger partial charge on any atom is 1.00 e. The first-order valence-electron chi connectivity index (χ1n) is 13.0. The number of aliphatic carboxylic acids is 1. The quantitative estimate of drug-likeness (QED) is 0.0934. The number of carboxylic acid groups (broad SMARTS) is 1. The molecule has 6 atom stereocenters. The topological polar surface area (TPSA) is 197 Å². The van der Waals surface area contributed by atoms with Crippen molar-refractivity contribution in [3.63, 3.8) is 0 Å². The van der Waals surface area contributed by atoms with E-state index in [0.29, 0.717) is 0 Å². The number of hydrogen-bond donors (Lipinski definition) is 1. The first kappa shape index (κ1) is 33.2. The second-order valence-electron chi connectivity index (χ2n) is 11.5. The number of fused-ring (bicyclic) bond motifs is 2. The first-order valence-corrected chi connectivity index (χ1v) is 15.4. The van der Waals surface area contributed by atoms with Gasteiger partial charge in [-0.15, -0.1) is 11.8 Å². The number of β-lactam (4-membered cyclic amide) rings is 2. The first-order chi connectivity index (χ1) is 19.5. The predicted molar refractivity (Wildman–Crippen MR) is 141 cm³/mol. The largest absolute Gasteiger partial charge is 1.00 e. The van der Waals surface area contributed by atoms with Crippen molar-refractivity contribution >= 4 is 57.2 Å². The number of amides is 3. The summed E-state index contributed by atoms with van der Waals surface area (Å²) in [5.41, 5.74) is 0.182. The van der Waals surface area contributed by atoms with Crippen molar-refractivity contribution in [1.29, 1.82) is 0 Å². The Labute approximate surface area is 273 Å². The Bertz CT molecular complexity index is 1500. The van der Waals surface area contributed by atoms with Crippen LogP contribution < -0.4 is 40.0 Å². The summed E-state index contributed by atoms with van der Waals surface area (Å²) in [6, 6.07) is 4.05. The van der Waals surface area contributed by atoms with Crippen molar-refractivity contribution in [2.45, 2.75) is 78.4 Å². The zero-order chi connectivity index (χ0) is 30.9. The number of ether oxygens (including phenoxy) is 2. The second-order valence-corrected chi connectivity index (χ2v) is 15.9. The fraction of sp³-hybridized carbons (Fsp3) is 0.538. The maximum atomic E-state index is 13.1. The van der Waals surface area contributed by atoms with E-state index in [9.17, 15) is 42.3 Å². The Morgan fingerprint density at radius 3 is 2.16 bits per heavy atom. The summed E-state index contributed by atoms with van der Waals surface area (Å²) in [5, 5.41) is 12.4. The number of nitrogens with one attached hydrogen (secondary N) is 1. The molecular formula is C26H28N3NaO11S2. The van der Waals surface area contributed by atoms with Gasteiger partial charge in [0, 0.05) is 4.75 Å². The van der Waals surface area contributed by atoms with Gasteiger partial charge in [-0.05, 0) is 33.3 Å². The van der Waals surface area contributed by atoms with Crippen LogP contribution in [0.3, 0.4) is 0 Å². The zero-order valence-electron chi connectivity index (χ0n) is 24.0. The van der Waals surface area contributed by atoms with Crippen molar-refractivity contribution < 1.29 is 81.3 Å². The molecule has 14 nitrogen and oxygen atoms in total. The molecular weight excluding hydrogens is 617 g/mol. The molecule has 1 aromatic carbocycles. The van der Waals surface area contributed by atoms with E-state index in [1.54, 1.807) is 32.0 Å². The van der Waals surface area contributed by atoms with Gasteiger partial charge in [-0.2, -0.15) is 0 Å². The monoisotopic (exact) mass is 645 g/mol. The third kappa shape index (κ3) is 5.14. The van der Waals surface area contributed by atoms with E-state index in [2.05, 4.69) is 5.32 Å². The van der Waals surface area contributed by atoms with Crippen LogP contribution in [0.2, 0.25) is 0 Å². The minimum Gasteiger partial charge on any atom is -0.549 e. The molecule has 0 spiro atoms. The molecule has 5 rings (SSSR count). The number of carbonyl (C=O) groups is 6. The van der Waals surface area contributed by atoms with E-state index in [-0.39, 0.29) is 41.5 Å². The van der Waals surface area contributed by atoms with Crippen LogP contribution in [0.4, 0.5) is 0 Å². The maximum absolute atomic E-state index is 13.1. The van der Waals surface area contributed by atoms with Gasteiger partial charge in [-0.3, -0.25) is 14.4 Å². The molecule has 1 aromatic rings. The van der Waals surface area contributed by atoms with E-state index in [0.717, 1.165) is 4.90 Å². The summed E-state index contributed by atoms with van der Waals surface area (Å²) >= 11 is 1.20. The molecule has 0 saturated carbocycles. The molecule has 0 aliphatic carbocycles. The molecule has 43 heavy (non-hydrogen) atoms. The Kier molecular flexibility index (Phi) is 8.78. The number of esters is 2. The van der Waals surface area contributed by atoms with Crippen molar-refractivity contribution in [1.82, 2.24) is 15.1 Å². The molecule has 1 unspecified atom stereocenters. The smallest absolute Gasteiger partial charge is 0.549 e. The number of hydrogen-bond acceptors (Lipinski definition) is 12. The van der Waals surface area contributed by atoms with Crippen LogP contribution in [-0.4, -0.2) is 99.0 Å². The van der Waals surface area contributed by atoms with Gasteiger partial charge in [0.2, 0.25) is 24.5 Å². The van der Waals surface area contributed by atoms with E-state index >= 15 is 0 Å². The fourth-order valence-corrected chi connectivity index (χ4v) is 9.66. The van der Waals surface area contributed by atoms with Gasteiger partial charge in [0.25, 0.3) is 0 Å². The third-order valence-electron chi connectivity index (χ3n) is 8.19. The van der Waals surface area contributed by atoms with Crippen LogP contribution in [0.25, 0.3) is 0 Å². The van der Waals surface area contributed by atoms with Crippen LogP contribution in [0.15, 0.2) is 30.3 Å². The molecule has 4 aliphatic heterocycles. The van der Waals surface area contributed by atoms with E-state index in [4.69, 9.17) is 9.47 Å². The molecule has 0 bridgehead atoms. The minimum atomic E-state index is -3.83. The summed E-state index contributed by atoms with van der Waals surface area (Å²) < 4.78 is 33.1. The molecule has 226 valence electrons. The van der Waals surface area contributed by atoms with Gasteiger partial charge in [-0.1, -0.05) is 30.3 Å². The minimum absolute atomic E-state index is 0. The van der Waals surface area contributed by atoms with Crippen LogP contribution in [0.1, 0.15) is 45.6 Å². The number of rotatable bonds is 8. The van der Waals surface area contributed by atoms with Crippen molar-refractivity contribution in [3.05, 3.63) is 35.9 Å². The van der Waals surface area contributed by atoms with Crippen LogP contribution in [-0.2, 0) is 48.1 Å². The molecule has 4 fully saturated rings. The van der Waals surface area contributed by atoms with Gasteiger partial charge >= 0.3 is 41.5 Å². The summed E-state index contributed by atoms with van der Waals surface area (Å²) in [6.07, 6.45) is -0.217. The van der Waals surface area contributed by atoms with Gasteiger partial charge in [0.1, 0.15) is 34.8 Å². The molecule has 4 aliphatic rings. The van der Waals surface area contributed by atoms with Gasteiger partial charge in [0.05, 0.1) is 17.1 Å². The zero-order valence-corrected chi connectivity index (χ0v) is 27.6. The molecule has 1 N–H and O–H groups in total. The summed E-state index contributed by atoms with van der Waals surface area (Å²) in [4.78, 5) is 77.7. The molecule has 4 saturated heterocycles. The summed E-state index contributed by atoms with van der Waals surface area (Å²) in [6.45, 7) is 5.12. The number of nitrogens with zero attached hydrogens (tertiary/aromatic N) is 2. The fourth-order valence-electron chi connectivity index (χ4n) is 5.92. The van der Waals surface area contributed by atoms with Gasteiger partial charge in [-0.25, -0.2) is 18.0 Å². The summed E-state index contributed by atoms with van der Waals surface area (Å²) in [5.74, 6) is -7.31. The van der Waals surface area contributed by atoms with Gasteiger partial charge < -0.3 is 34.5 Å². The van der Waals surface area contributed by atoms with Crippen LogP contribution in [0.5, 0.6) is 0 Å². The summed E-state index contributed by atoms with van der Waals surface area (Å²) in [7, 11) is -3.83. The van der Waals surface area contributed by atoms with Crippen LogP contribution in [0, 0.1) is 0 Å². The van der Waals surface area contributed by atoms with Crippen molar-refractivity contribution in [2.75, 3.05) is 6.79 Å². The molecule has 3 amide bonds. The molecule has 4 heterocycles. The average Bonchev–Trinajstić information content (AvgIpc) is 3.22. The molecule has 0 aromatic heterocycles. The van der Waals surface area contributed by atoms with Crippen molar-refractivity contribution in [2.24, 2.45) is 0 Å². The standard InChI is InChI=1S/C26H29N3O11S2.Na/c1-25(2)17(23(35)39-11-40-24(36)18-26(3,4)42(37,38)14-10-13(30)28(14)18)29-20(32)16(21(29)41-25)27-19(31)15(22(33)34)12-8-6-5-7-9-12;/h5-9,14-18,21H,10-11H2,1-4H3,(H,27,31)(H,33,34);/q;+1/p-1/t14-,15?,16-,17+,18+,21-;/m1./s1. The van der Waals surface area contributed by atoms with Crippen LogP contribution >= 0.6 is 11.8 Å². The SMILES string of the molecule is CC1(C)S[C@@H]2[C@H](NC(=O)C(C(=O)[O-])c3ccccc3)C(=O)N2[C@H]1C(=O)OCOC(=O)[C@@H]1N2C(=O)C[C@H]2S(=O)(=O)C1(C)C.[Na+]. The Balaban J connectivity index is 0.00000423. The Morgan fingerprint density at radius 2 is 1.60 bits per heavy atom. The van der Waals surface area contributed by atoms with Gasteiger partial charge in [0.15, 0.2) is 9.84 Å².